The number of halogens is 3. The lowest BCUT2D eigenvalue weighted by Gasteiger charge is -2.13. The minimum absolute atomic E-state index is 0.194. The third-order valence-corrected chi connectivity index (χ3v) is 2.84. The topological polar surface area (TPSA) is 38.9 Å². The second-order valence-electron chi connectivity index (χ2n) is 2.64. The molecule has 2 N–H and O–H groups in total. The molecule has 5 heteroatoms. The van der Waals surface area contributed by atoms with Gasteiger partial charge < -0.3 is 5.73 Å². The molecule has 0 amide bonds. The maximum Gasteiger partial charge on any atom is 0.148 e. The molecule has 0 unspecified atom stereocenters. The first-order valence-electron chi connectivity index (χ1n) is 3.82. The van der Waals surface area contributed by atoms with Crippen LogP contribution in [-0.2, 0) is 0 Å². The molecule has 13 heavy (non-hydrogen) atoms. The first-order valence-corrected chi connectivity index (χ1v) is 4.96. The molecule has 0 bridgehead atoms. The predicted molar refractivity (Wildman–Crippen MR) is 56.5 cm³/mol. The van der Waals surface area contributed by atoms with Crippen LogP contribution in [0.3, 0.4) is 0 Å². The van der Waals surface area contributed by atoms with Gasteiger partial charge in [-0.3, -0.25) is 0 Å². The van der Waals surface area contributed by atoms with Crippen LogP contribution in [0.1, 0.15) is 24.9 Å². The summed E-state index contributed by atoms with van der Waals surface area (Å²) in [7, 11) is 0. The Bertz CT molecular complexity index is 315. The first-order chi connectivity index (χ1) is 6.07. The SMILES string of the molecule is CC[C@@H](N)c1c(Cl)cnc(Cl)c1Cl. The van der Waals surface area contributed by atoms with Crippen molar-refractivity contribution in [3.8, 4) is 0 Å². The van der Waals surface area contributed by atoms with Crippen LogP contribution in [0.4, 0.5) is 0 Å². The van der Waals surface area contributed by atoms with Gasteiger partial charge in [0.05, 0.1) is 10.0 Å². The smallest absolute Gasteiger partial charge is 0.148 e. The Hall–Kier alpha value is -0.0200. The Morgan fingerprint density at radius 3 is 2.62 bits per heavy atom. The number of hydrogen-bond acceptors (Lipinski definition) is 2. The highest BCUT2D eigenvalue weighted by molar-refractivity contribution is 6.43. The molecular weight excluding hydrogens is 230 g/mol. The van der Waals surface area contributed by atoms with Crippen molar-refractivity contribution < 1.29 is 0 Å². The third-order valence-electron chi connectivity index (χ3n) is 1.78. The molecule has 1 aromatic rings. The maximum atomic E-state index is 5.91. The molecule has 2 nitrogen and oxygen atoms in total. The van der Waals surface area contributed by atoms with Crippen LogP contribution >= 0.6 is 34.8 Å². The highest BCUT2D eigenvalue weighted by Crippen LogP contribution is 2.33. The van der Waals surface area contributed by atoms with E-state index in [1.54, 1.807) is 0 Å². The lowest BCUT2D eigenvalue weighted by molar-refractivity contribution is 0.698. The van der Waals surface area contributed by atoms with E-state index in [-0.39, 0.29) is 11.2 Å². The highest BCUT2D eigenvalue weighted by Gasteiger charge is 2.15. The minimum atomic E-state index is -0.194. The molecule has 0 aromatic carbocycles. The number of rotatable bonds is 2. The van der Waals surface area contributed by atoms with Gasteiger partial charge in [0.15, 0.2) is 0 Å². The van der Waals surface area contributed by atoms with Crippen LogP contribution < -0.4 is 5.73 Å². The van der Waals surface area contributed by atoms with Crippen LogP contribution in [0, 0.1) is 0 Å². The van der Waals surface area contributed by atoms with Gasteiger partial charge in [0.1, 0.15) is 5.15 Å². The zero-order chi connectivity index (χ0) is 10.0. The summed E-state index contributed by atoms with van der Waals surface area (Å²) in [5.41, 5.74) is 6.48. The van der Waals surface area contributed by atoms with Gasteiger partial charge in [0, 0.05) is 17.8 Å². The van der Waals surface area contributed by atoms with Crippen molar-refractivity contribution in [1.82, 2.24) is 4.98 Å². The summed E-state index contributed by atoms with van der Waals surface area (Å²) in [6.07, 6.45) is 2.21. The van der Waals surface area contributed by atoms with Crippen molar-refractivity contribution in [2.75, 3.05) is 0 Å². The molecule has 1 atom stereocenters. The average molecular weight is 240 g/mol. The first kappa shape index (κ1) is 11.1. The third kappa shape index (κ3) is 2.26. The summed E-state index contributed by atoms with van der Waals surface area (Å²) < 4.78 is 0. The van der Waals surface area contributed by atoms with Crippen LogP contribution in [0.15, 0.2) is 6.20 Å². The van der Waals surface area contributed by atoms with Crippen molar-refractivity contribution >= 4 is 34.8 Å². The van der Waals surface area contributed by atoms with Gasteiger partial charge in [-0.1, -0.05) is 41.7 Å². The van der Waals surface area contributed by atoms with E-state index in [9.17, 15) is 0 Å². The zero-order valence-corrected chi connectivity index (χ0v) is 9.29. The zero-order valence-electron chi connectivity index (χ0n) is 7.02. The molecule has 0 spiro atoms. The number of nitrogens with zero attached hydrogens (tertiary/aromatic N) is 1. The molecular formula is C8H9Cl3N2. The van der Waals surface area contributed by atoms with Gasteiger partial charge in [0.2, 0.25) is 0 Å². The van der Waals surface area contributed by atoms with Crippen molar-refractivity contribution in [1.29, 1.82) is 0 Å². The maximum absolute atomic E-state index is 5.91. The Labute approximate surface area is 92.0 Å². The monoisotopic (exact) mass is 238 g/mol. The molecule has 1 rings (SSSR count). The van der Waals surface area contributed by atoms with E-state index in [2.05, 4.69) is 4.98 Å². The summed E-state index contributed by atoms with van der Waals surface area (Å²) in [5.74, 6) is 0. The van der Waals surface area contributed by atoms with Crippen molar-refractivity contribution in [2.24, 2.45) is 5.73 Å². The fourth-order valence-corrected chi connectivity index (χ4v) is 1.77. The summed E-state index contributed by atoms with van der Waals surface area (Å²) in [5, 5.41) is 1.05. The molecule has 0 aliphatic rings. The van der Waals surface area contributed by atoms with Crippen LogP contribution in [-0.4, -0.2) is 4.98 Å². The van der Waals surface area contributed by atoms with Gasteiger partial charge in [-0.05, 0) is 6.42 Å². The Kier molecular flexibility index (Phi) is 3.80. The second-order valence-corrected chi connectivity index (χ2v) is 3.78. The Morgan fingerprint density at radius 2 is 2.08 bits per heavy atom. The van der Waals surface area contributed by atoms with Crippen molar-refractivity contribution in [3.63, 3.8) is 0 Å². The molecule has 0 aliphatic heterocycles. The Morgan fingerprint density at radius 1 is 1.46 bits per heavy atom. The van der Waals surface area contributed by atoms with Gasteiger partial charge in [-0.15, -0.1) is 0 Å². The number of pyridine rings is 1. The van der Waals surface area contributed by atoms with Crippen molar-refractivity contribution in [2.45, 2.75) is 19.4 Å². The predicted octanol–water partition coefficient (Wildman–Crippen LogP) is 3.45. The summed E-state index contributed by atoms with van der Waals surface area (Å²) in [6.45, 7) is 1.95. The standard InChI is InChI=1S/C8H9Cl3N2/c1-2-5(12)6-4(9)3-13-8(11)7(6)10/h3,5H,2,12H2,1H3/t5-/m1/s1. The van der Waals surface area contributed by atoms with E-state index in [1.807, 2.05) is 6.92 Å². The molecule has 1 aromatic heterocycles. The van der Waals surface area contributed by atoms with Gasteiger partial charge in [0.25, 0.3) is 0 Å². The quantitative estimate of drug-likeness (QED) is 0.803. The lowest BCUT2D eigenvalue weighted by Crippen LogP contribution is -2.10. The Balaban J connectivity index is 3.25. The second kappa shape index (κ2) is 4.47. The summed E-state index contributed by atoms with van der Waals surface area (Å²) >= 11 is 17.5. The summed E-state index contributed by atoms with van der Waals surface area (Å²) in [4.78, 5) is 3.80. The van der Waals surface area contributed by atoms with E-state index < -0.39 is 0 Å². The van der Waals surface area contributed by atoms with E-state index in [1.165, 1.54) is 6.20 Å². The van der Waals surface area contributed by atoms with Gasteiger partial charge >= 0.3 is 0 Å². The fraction of sp³-hybridized carbons (Fsp3) is 0.375. The van der Waals surface area contributed by atoms with Gasteiger partial charge in [-0.25, -0.2) is 4.98 Å². The largest absolute Gasteiger partial charge is 0.324 e. The summed E-state index contributed by atoms with van der Waals surface area (Å²) in [6, 6.07) is -0.194. The average Bonchev–Trinajstić information content (AvgIpc) is 2.12. The van der Waals surface area contributed by atoms with Crippen molar-refractivity contribution in [3.05, 3.63) is 27.0 Å². The number of aromatic nitrogens is 1. The molecule has 1 heterocycles. The molecule has 0 aliphatic carbocycles. The van der Waals surface area contributed by atoms with Crippen LogP contribution in [0.2, 0.25) is 15.2 Å². The van der Waals surface area contributed by atoms with E-state index in [0.29, 0.717) is 15.6 Å². The molecule has 0 saturated heterocycles. The van der Waals surface area contributed by atoms with Crippen LogP contribution in [0.5, 0.6) is 0 Å². The normalized spacial score (nSPS) is 13.0. The van der Waals surface area contributed by atoms with E-state index in [0.717, 1.165) is 6.42 Å². The highest BCUT2D eigenvalue weighted by atomic mass is 35.5. The number of nitrogens with two attached hydrogens (primary N) is 1. The molecule has 72 valence electrons. The molecule has 0 radical (unpaired) electrons. The fourth-order valence-electron chi connectivity index (χ4n) is 1.000. The van der Waals surface area contributed by atoms with Gasteiger partial charge in [-0.2, -0.15) is 0 Å². The minimum Gasteiger partial charge on any atom is -0.324 e. The lowest BCUT2D eigenvalue weighted by atomic mass is 10.1. The molecule has 0 fully saturated rings. The van der Waals surface area contributed by atoms with E-state index in [4.69, 9.17) is 40.5 Å². The van der Waals surface area contributed by atoms with Crippen LogP contribution in [0.25, 0.3) is 0 Å². The number of hydrogen-bond donors (Lipinski definition) is 1. The van der Waals surface area contributed by atoms with E-state index >= 15 is 0 Å². The molecule has 0 saturated carbocycles.